The zero-order valence-electron chi connectivity index (χ0n) is 8.66. The molecule has 2 nitrogen and oxygen atoms in total. The molecule has 0 radical (unpaired) electrons. The van der Waals surface area contributed by atoms with Gasteiger partial charge in [0.15, 0.2) is 0 Å². The van der Waals surface area contributed by atoms with Crippen LogP contribution in [-0.4, -0.2) is 12.6 Å². The van der Waals surface area contributed by atoms with E-state index in [2.05, 4.69) is 6.92 Å². The van der Waals surface area contributed by atoms with Gasteiger partial charge in [0.05, 0.1) is 0 Å². The molecule has 0 aromatic heterocycles. The highest BCUT2D eigenvalue weighted by Gasteiger charge is 2.05. The molecule has 0 aliphatic heterocycles. The summed E-state index contributed by atoms with van der Waals surface area (Å²) in [5.41, 5.74) is 0. The van der Waals surface area contributed by atoms with Crippen LogP contribution in [0.25, 0.3) is 0 Å². The van der Waals surface area contributed by atoms with Gasteiger partial charge >= 0.3 is 0 Å². The number of hydrogen-bond acceptors (Lipinski definition) is 2. The Balaban J connectivity index is 3.33. The molecule has 0 bridgehead atoms. The third-order valence-corrected chi connectivity index (χ3v) is 2.37. The maximum atomic E-state index is 10.3. The Kier molecular flexibility index (Phi) is 7.56. The summed E-state index contributed by atoms with van der Waals surface area (Å²) in [5, 5.41) is 0. The number of carbonyl (C=O) groups excluding carboxylic acids is 2. The summed E-state index contributed by atoms with van der Waals surface area (Å²) in [6.07, 6.45) is 6.82. The van der Waals surface area contributed by atoms with Gasteiger partial charge in [-0.3, -0.25) is 0 Å². The summed E-state index contributed by atoms with van der Waals surface area (Å²) in [7, 11) is 0. The Morgan fingerprint density at radius 1 is 1.08 bits per heavy atom. The molecule has 0 amide bonds. The van der Waals surface area contributed by atoms with Crippen LogP contribution in [0.3, 0.4) is 0 Å². The van der Waals surface area contributed by atoms with Crippen LogP contribution in [0.2, 0.25) is 0 Å². The first kappa shape index (κ1) is 12.3. The monoisotopic (exact) mass is 184 g/mol. The summed E-state index contributed by atoms with van der Waals surface area (Å²) in [5.74, 6) is 0.830. The highest BCUT2D eigenvalue weighted by atomic mass is 16.1. The van der Waals surface area contributed by atoms with Gasteiger partial charge in [-0.05, 0) is 18.8 Å². The third-order valence-electron chi connectivity index (χ3n) is 2.37. The molecule has 0 aromatic rings. The van der Waals surface area contributed by atoms with Crippen LogP contribution in [0.15, 0.2) is 0 Å². The van der Waals surface area contributed by atoms with Crippen molar-refractivity contribution >= 4 is 12.6 Å². The van der Waals surface area contributed by atoms with Crippen LogP contribution in [0, 0.1) is 11.8 Å². The first-order valence-electron chi connectivity index (χ1n) is 5.09. The lowest BCUT2D eigenvalue weighted by molar-refractivity contribution is -0.111. The fourth-order valence-corrected chi connectivity index (χ4v) is 1.31. The topological polar surface area (TPSA) is 34.1 Å². The van der Waals surface area contributed by atoms with E-state index in [0.29, 0.717) is 12.3 Å². The highest BCUT2D eigenvalue weighted by molar-refractivity contribution is 5.52. The van der Waals surface area contributed by atoms with Gasteiger partial charge in [-0.15, -0.1) is 0 Å². The summed E-state index contributed by atoms with van der Waals surface area (Å²) in [4.78, 5) is 20.4. The minimum Gasteiger partial charge on any atom is -0.303 e. The smallest absolute Gasteiger partial charge is 0.122 e. The highest BCUT2D eigenvalue weighted by Crippen LogP contribution is 2.16. The van der Waals surface area contributed by atoms with E-state index in [1.165, 1.54) is 0 Å². The van der Waals surface area contributed by atoms with Crippen molar-refractivity contribution in [2.45, 2.75) is 46.0 Å². The van der Waals surface area contributed by atoms with Crippen molar-refractivity contribution in [3.8, 4) is 0 Å². The Morgan fingerprint density at radius 3 is 2.31 bits per heavy atom. The van der Waals surface area contributed by atoms with Gasteiger partial charge in [-0.2, -0.15) is 0 Å². The molecule has 0 saturated heterocycles. The number of aldehydes is 2. The number of unbranched alkanes of at least 4 members (excludes halogenated alkanes) is 1. The molecule has 2 heteroatoms. The maximum absolute atomic E-state index is 10.3. The van der Waals surface area contributed by atoms with Crippen molar-refractivity contribution < 1.29 is 9.59 Å². The second kappa shape index (κ2) is 7.96. The van der Waals surface area contributed by atoms with Gasteiger partial charge in [0, 0.05) is 12.3 Å². The second-order valence-electron chi connectivity index (χ2n) is 3.89. The predicted octanol–water partition coefficient (Wildman–Crippen LogP) is 2.61. The van der Waals surface area contributed by atoms with Gasteiger partial charge in [0.2, 0.25) is 0 Å². The fourth-order valence-electron chi connectivity index (χ4n) is 1.31. The lowest BCUT2D eigenvalue weighted by Gasteiger charge is -2.10. The minimum absolute atomic E-state index is 0.188. The molecule has 0 rings (SSSR count). The van der Waals surface area contributed by atoms with Gasteiger partial charge in [0.1, 0.15) is 12.6 Å². The number of rotatable bonds is 8. The van der Waals surface area contributed by atoms with Crippen LogP contribution >= 0.6 is 0 Å². The van der Waals surface area contributed by atoms with E-state index in [9.17, 15) is 9.59 Å². The summed E-state index contributed by atoms with van der Waals surface area (Å²) in [6.45, 7) is 4.13. The average Bonchev–Trinajstić information content (AvgIpc) is 2.14. The summed E-state index contributed by atoms with van der Waals surface area (Å²) in [6, 6.07) is 0. The van der Waals surface area contributed by atoms with E-state index in [1.54, 1.807) is 0 Å². The van der Waals surface area contributed by atoms with Crippen molar-refractivity contribution in [2.75, 3.05) is 0 Å². The molecule has 0 saturated carbocycles. The quantitative estimate of drug-likeness (QED) is 0.429. The normalized spacial score (nSPS) is 14.9. The maximum Gasteiger partial charge on any atom is 0.122 e. The Bertz CT molecular complexity index is 143. The fraction of sp³-hybridized carbons (Fsp3) is 0.818. The number of hydrogen-bond donors (Lipinski definition) is 0. The molecular formula is C11H20O2. The van der Waals surface area contributed by atoms with E-state index in [1.807, 2.05) is 6.92 Å². The summed E-state index contributed by atoms with van der Waals surface area (Å²) >= 11 is 0. The van der Waals surface area contributed by atoms with Crippen LogP contribution in [0.1, 0.15) is 46.0 Å². The molecule has 0 fully saturated rings. The largest absolute Gasteiger partial charge is 0.303 e. The molecule has 76 valence electrons. The van der Waals surface area contributed by atoms with Crippen molar-refractivity contribution in [3.05, 3.63) is 0 Å². The minimum atomic E-state index is 0.188. The van der Waals surface area contributed by atoms with Crippen LogP contribution in [-0.2, 0) is 9.59 Å². The molecule has 0 aliphatic rings. The molecule has 0 aromatic carbocycles. The van der Waals surface area contributed by atoms with Gasteiger partial charge in [-0.25, -0.2) is 0 Å². The van der Waals surface area contributed by atoms with Crippen LogP contribution in [0.4, 0.5) is 0 Å². The molecule has 0 spiro atoms. The van der Waals surface area contributed by atoms with Gasteiger partial charge in [0.25, 0.3) is 0 Å². The van der Waals surface area contributed by atoms with Crippen LogP contribution < -0.4 is 0 Å². The van der Waals surface area contributed by atoms with Crippen LogP contribution in [0.5, 0.6) is 0 Å². The van der Waals surface area contributed by atoms with E-state index < -0.39 is 0 Å². The Morgan fingerprint density at radius 2 is 1.77 bits per heavy atom. The molecule has 2 unspecified atom stereocenters. The second-order valence-corrected chi connectivity index (χ2v) is 3.89. The lowest BCUT2D eigenvalue weighted by atomic mass is 9.95. The molecule has 2 atom stereocenters. The zero-order chi connectivity index (χ0) is 10.1. The van der Waals surface area contributed by atoms with E-state index >= 15 is 0 Å². The van der Waals surface area contributed by atoms with Crippen molar-refractivity contribution in [2.24, 2.45) is 11.8 Å². The average molecular weight is 184 g/mol. The SMILES string of the molecule is CC(C=O)CCC(C)CCCC=O. The Labute approximate surface area is 80.7 Å². The van der Waals surface area contributed by atoms with E-state index in [-0.39, 0.29) is 5.92 Å². The predicted molar refractivity (Wildman–Crippen MR) is 53.5 cm³/mol. The Hall–Kier alpha value is -0.660. The standard InChI is InChI=1S/C11H20O2/c1-10(5-3-4-8-12)6-7-11(2)9-13/h8-11H,3-7H2,1-2H3. The van der Waals surface area contributed by atoms with Gasteiger partial charge < -0.3 is 9.59 Å². The van der Waals surface area contributed by atoms with Gasteiger partial charge in [-0.1, -0.05) is 26.7 Å². The summed E-state index contributed by atoms with van der Waals surface area (Å²) < 4.78 is 0. The van der Waals surface area contributed by atoms with E-state index in [4.69, 9.17) is 0 Å². The number of carbonyl (C=O) groups is 2. The molecule has 0 aliphatic carbocycles. The van der Waals surface area contributed by atoms with Crippen molar-refractivity contribution in [3.63, 3.8) is 0 Å². The van der Waals surface area contributed by atoms with Crippen molar-refractivity contribution in [1.82, 2.24) is 0 Å². The first-order chi connectivity index (χ1) is 6.20. The lowest BCUT2D eigenvalue weighted by Crippen LogP contribution is -2.01. The zero-order valence-corrected chi connectivity index (χ0v) is 8.66. The first-order valence-corrected chi connectivity index (χ1v) is 5.09. The third kappa shape index (κ3) is 7.69. The molecule has 13 heavy (non-hydrogen) atoms. The van der Waals surface area contributed by atoms with E-state index in [0.717, 1.165) is 38.3 Å². The molecule has 0 heterocycles. The van der Waals surface area contributed by atoms with Crippen molar-refractivity contribution in [1.29, 1.82) is 0 Å². The molecule has 0 N–H and O–H groups in total. The molecular weight excluding hydrogens is 164 g/mol.